The molecule has 3 heterocycles. The topological polar surface area (TPSA) is 241 Å². The molecule has 5 N–H and O–H groups in total. The molecule has 0 spiro atoms. The smallest absolute Gasteiger partial charge is 0.316 e. The van der Waals surface area contributed by atoms with Gasteiger partial charge in [-0.05, 0) is 65.4 Å². The summed E-state index contributed by atoms with van der Waals surface area (Å²) in [6.07, 6.45) is -6.23. The van der Waals surface area contributed by atoms with E-state index in [1.54, 1.807) is 13.8 Å². The van der Waals surface area contributed by atoms with E-state index < -0.39 is 102 Å². The Morgan fingerprint density at radius 3 is 2.24 bits per heavy atom. The van der Waals surface area contributed by atoms with Crippen LogP contribution in [-0.4, -0.2) is 143 Å². The predicted molar refractivity (Wildman–Crippen MR) is 217 cm³/mol. The Bertz CT molecular complexity index is 2100. The van der Waals surface area contributed by atoms with E-state index in [0.717, 1.165) is 0 Å². The molecule has 13 atom stereocenters. The van der Waals surface area contributed by atoms with Crippen molar-refractivity contribution in [3.8, 4) is 11.5 Å². The Morgan fingerprint density at radius 1 is 0.935 bits per heavy atom. The van der Waals surface area contributed by atoms with E-state index in [1.165, 1.54) is 38.3 Å². The van der Waals surface area contributed by atoms with Crippen molar-refractivity contribution in [3.63, 3.8) is 0 Å². The SMILES string of the molecule is CC[C@@]1(O)C[C@H](O[C@H]2C[C@@H](N(C)C)C(O[C@H]3C[C@@H](O)C(O[C@H]4CC/C(=N/NC(C)=O)C(C)O4)C(C)O3)C(C)O2)c2c(cc3c(c2O)C(=O)c2c(O)cccc2C3=O)[C@H]1C(=O)OC. The molecule has 2 aliphatic carbocycles. The maximum absolute atomic E-state index is 14.0. The number of phenolic OH excluding ortho intramolecular Hbond substituents is 2. The van der Waals surface area contributed by atoms with Gasteiger partial charge < -0.3 is 58.5 Å². The van der Waals surface area contributed by atoms with Gasteiger partial charge in [-0.3, -0.25) is 19.2 Å². The highest BCUT2D eigenvalue weighted by molar-refractivity contribution is 6.30. The predicted octanol–water partition coefficient (Wildman–Crippen LogP) is 3.08. The molecule has 3 fully saturated rings. The zero-order valence-electron chi connectivity index (χ0n) is 36.2. The molecule has 0 radical (unpaired) electrons. The zero-order valence-corrected chi connectivity index (χ0v) is 36.2. The van der Waals surface area contributed by atoms with Crippen molar-refractivity contribution in [2.75, 3.05) is 21.2 Å². The summed E-state index contributed by atoms with van der Waals surface area (Å²) >= 11 is 0. The molecule has 7 rings (SSSR count). The lowest BCUT2D eigenvalue weighted by Crippen LogP contribution is -2.58. The summed E-state index contributed by atoms with van der Waals surface area (Å²) in [5.41, 5.74) is 0.608. The van der Waals surface area contributed by atoms with Crippen molar-refractivity contribution in [1.29, 1.82) is 0 Å². The number of ether oxygens (including phenoxy) is 7. The highest BCUT2D eigenvalue weighted by Gasteiger charge is 2.53. The van der Waals surface area contributed by atoms with Crippen LogP contribution in [0.4, 0.5) is 0 Å². The van der Waals surface area contributed by atoms with Crippen LogP contribution < -0.4 is 5.43 Å². The molecule has 0 saturated carbocycles. The van der Waals surface area contributed by atoms with Crippen LogP contribution in [0.1, 0.15) is 128 Å². The number of methoxy groups -OCH3 is 1. The zero-order chi connectivity index (χ0) is 44.9. The van der Waals surface area contributed by atoms with Crippen LogP contribution in [0.25, 0.3) is 0 Å². The molecule has 0 bridgehead atoms. The summed E-state index contributed by atoms with van der Waals surface area (Å²) in [6.45, 7) is 8.48. The van der Waals surface area contributed by atoms with Gasteiger partial charge in [0.05, 0.1) is 60.1 Å². The Morgan fingerprint density at radius 2 is 1.61 bits per heavy atom. The van der Waals surface area contributed by atoms with Crippen molar-refractivity contribution < 1.29 is 72.8 Å². The normalized spacial score (nSPS) is 35.2. The first-order valence-corrected chi connectivity index (χ1v) is 21.1. The fourth-order valence-corrected chi connectivity index (χ4v) is 9.58. The van der Waals surface area contributed by atoms with Gasteiger partial charge in [0, 0.05) is 55.3 Å². The van der Waals surface area contributed by atoms with Gasteiger partial charge in [0.1, 0.15) is 29.6 Å². The van der Waals surface area contributed by atoms with Crippen LogP contribution in [0, 0.1) is 0 Å². The van der Waals surface area contributed by atoms with Gasteiger partial charge in [-0.2, -0.15) is 5.10 Å². The first-order chi connectivity index (χ1) is 29.4. The number of amides is 1. The lowest BCUT2D eigenvalue weighted by Gasteiger charge is -2.48. The molecule has 2 aromatic rings. The molecule has 5 aliphatic rings. The van der Waals surface area contributed by atoms with E-state index in [1.807, 2.05) is 32.8 Å². The van der Waals surface area contributed by atoms with E-state index in [-0.39, 0.29) is 71.0 Å². The Hall–Kier alpha value is -4.37. The number of likely N-dealkylation sites (N-methyl/N-ethyl adjacent to an activating group) is 1. The van der Waals surface area contributed by atoms with Gasteiger partial charge in [-0.1, -0.05) is 19.1 Å². The molecule has 3 aliphatic heterocycles. The second-order valence-electron chi connectivity index (χ2n) is 17.1. The lowest BCUT2D eigenvalue weighted by molar-refractivity contribution is -0.324. The molecule has 338 valence electrons. The quantitative estimate of drug-likeness (QED) is 0.145. The fourth-order valence-electron chi connectivity index (χ4n) is 9.58. The van der Waals surface area contributed by atoms with Gasteiger partial charge in [0.15, 0.2) is 24.7 Å². The van der Waals surface area contributed by atoms with Gasteiger partial charge in [-0.15, -0.1) is 0 Å². The number of benzene rings is 2. The summed E-state index contributed by atoms with van der Waals surface area (Å²) < 4.78 is 43.2. The van der Waals surface area contributed by atoms with Crippen molar-refractivity contribution in [1.82, 2.24) is 10.3 Å². The number of hydrogen-bond acceptors (Lipinski definition) is 17. The number of aromatic hydroxyl groups is 2. The number of hydrazone groups is 1. The number of esters is 1. The van der Waals surface area contributed by atoms with E-state index in [0.29, 0.717) is 18.6 Å². The molecular weight excluding hydrogens is 810 g/mol. The van der Waals surface area contributed by atoms with Gasteiger partial charge >= 0.3 is 5.97 Å². The van der Waals surface area contributed by atoms with E-state index in [9.17, 15) is 39.6 Å². The number of rotatable bonds is 10. The van der Waals surface area contributed by atoms with E-state index in [2.05, 4.69) is 10.5 Å². The average Bonchev–Trinajstić information content (AvgIpc) is 3.21. The molecular formula is C44H57N3O15. The minimum absolute atomic E-state index is 0.0234. The van der Waals surface area contributed by atoms with Gasteiger partial charge in [-0.25, -0.2) is 5.43 Å². The third-order valence-corrected chi connectivity index (χ3v) is 12.8. The number of hydrogen-bond donors (Lipinski definition) is 5. The largest absolute Gasteiger partial charge is 0.507 e. The van der Waals surface area contributed by atoms with Crippen LogP contribution in [0.3, 0.4) is 0 Å². The summed E-state index contributed by atoms with van der Waals surface area (Å²) in [6, 6.07) is 5.10. The van der Waals surface area contributed by atoms with Crippen molar-refractivity contribution in [3.05, 3.63) is 57.6 Å². The lowest BCUT2D eigenvalue weighted by atomic mass is 9.67. The van der Waals surface area contributed by atoms with Gasteiger partial charge in [0.25, 0.3) is 0 Å². The van der Waals surface area contributed by atoms with Crippen molar-refractivity contribution in [2.45, 2.75) is 152 Å². The first kappa shape index (κ1) is 45.6. The second-order valence-corrected chi connectivity index (χ2v) is 17.1. The molecule has 1 amide bonds. The number of aliphatic hydroxyl groups excluding tert-OH is 1. The molecule has 3 saturated heterocycles. The van der Waals surface area contributed by atoms with E-state index >= 15 is 0 Å². The molecule has 2 aromatic carbocycles. The number of aliphatic hydroxyl groups is 2. The van der Waals surface area contributed by atoms with Gasteiger partial charge in [0.2, 0.25) is 11.7 Å². The fraction of sp³-hybridized carbons (Fsp3) is 0.614. The molecule has 18 nitrogen and oxygen atoms in total. The summed E-state index contributed by atoms with van der Waals surface area (Å²) in [4.78, 5) is 54.5. The minimum atomic E-state index is -1.76. The maximum atomic E-state index is 14.0. The molecule has 0 aromatic heterocycles. The van der Waals surface area contributed by atoms with Crippen LogP contribution in [0.5, 0.6) is 11.5 Å². The summed E-state index contributed by atoms with van der Waals surface area (Å²) in [7, 11) is 4.92. The van der Waals surface area contributed by atoms with Crippen molar-refractivity contribution in [2.24, 2.45) is 5.10 Å². The molecule has 18 heteroatoms. The number of phenols is 2. The Balaban J connectivity index is 1.09. The number of carbonyl (C=O) groups excluding carboxylic acids is 4. The summed E-state index contributed by atoms with van der Waals surface area (Å²) in [5, 5.41) is 50.2. The van der Waals surface area contributed by atoms with E-state index in [4.69, 9.17) is 33.2 Å². The maximum Gasteiger partial charge on any atom is 0.316 e. The third-order valence-electron chi connectivity index (χ3n) is 12.8. The standard InChI is InChI=1S/C44H57N3O15/c1-9-44(55)18-30(35-24(37(44)43(54)56-8)15-25-36(40(35)53)39(52)34-23(38(25)51)11-10-12-28(34)49)60-32-16-27(47(6)7)41(20(3)58-32)62-33-17-29(50)42(21(4)59-33)61-31-14-13-26(19(2)57-31)46-45-22(5)48/h10-12,15,19-21,27,29-33,37,41-42,49-50,53,55H,9,13-14,16-18H2,1-8H3,(H,45,48)/b46-26-/t19?,20?,21?,27-,29-,30+,31+,32+,33+,37+,41?,42?,44-/m1/s1. The summed E-state index contributed by atoms with van der Waals surface area (Å²) in [5.74, 6) is -4.90. The number of nitrogens with one attached hydrogen (secondary N) is 1. The monoisotopic (exact) mass is 867 g/mol. The number of fused-ring (bicyclic) bond motifs is 3. The van der Waals surface area contributed by atoms with Crippen molar-refractivity contribution >= 4 is 29.2 Å². The molecule has 5 unspecified atom stereocenters. The Labute approximate surface area is 359 Å². The highest BCUT2D eigenvalue weighted by atomic mass is 16.7. The number of nitrogens with zero attached hydrogens (tertiary/aromatic N) is 2. The Kier molecular flexibility index (Phi) is 13.3. The minimum Gasteiger partial charge on any atom is -0.507 e. The second kappa shape index (κ2) is 18.0. The van der Waals surface area contributed by atoms with Crippen LogP contribution in [0.2, 0.25) is 0 Å². The first-order valence-electron chi connectivity index (χ1n) is 21.1. The number of ketones is 2. The number of carbonyl (C=O) groups is 4. The van der Waals surface area contributed by atoms with Crippen LogP contribution in [0.15, 0.2) is 29.4 Å². The average molecular weight is 868 g/mol. The van der Waals surface area contributed by atoms with Crippen LogP contribution in [-0.2, 0) is 42.7 Å². The molecule has 62 heavy (non-hydrogen) atoms. The highest BCUT2D eigenvalue weighted by Crippen LogP contribution is 2.54. The van der Waals surface area contributed by atoms with Crippen LogP contribution >= 0.6 is 0 Å². The third kappa shape index (κ3) is 8.52.